The van der Waals surface area contributed by atoms with Crippen molar-refractivity contribution in [2.24, 2.45) is 0 Å². The SMILES string of the molecule is O=C(Nc1ccc(Nc2c(F)cccc2F)cc1)c1cccnc1. The van der Waals surface area contributed by atoms with Gasteiger partial charge in [-0.15, -0.1) is 0 Å². The van der Waals surface area contributed by atoms with Gasteiger partial charge in [0.25, 0.3) is 5.91 Å². The number of para-hydroxylation sites is 1. The molecule has 0 aliphatic carbocycles. The van der Waals surface area contributed by atoms with E-state index in [2.05, 4.69) is 15.6 Å². The average Bonchev–Trinajstić information content (AvgIpc) is 2.60. The molecule has 3 aromatic rings. The number of halogens is 2. The number of carbonyl (C=O) groups excluding carboxylic acids is 1. The zero-order valence-electron chi connectivity index (χ0n) is 12.5. The second-order valence-corrected chi connectivity index (χ2v) is 4.99. The maximum Gasteiger partial charge on any atom is 0.257 e. The van der Waals surface area contributed by atoms with Gasteiger partial charge in [0.2, 0.25) is 0 Å². The normalized spacial score (nSPS) is 10.2. The Balaban J connectivity index is 1.71. The number of nitrogens with one attached hydrogen (secondary N) is 2. The summed E-state index contributed by atoms with van der Waals surface area (Å²) in [5, 5.41) is 5.40. The summed E-state index contributed by atoms with van der Waals surface area (Å²) >= 11 is 0. The molecule has 0 spiro atoms. The highest BCUT2D eigenvalue weighted by Gasteiger charge is 2.09. The number of pyridine rings is 1. The highest BCUT2D eigenvalue weighted by molar-refractivity contribution is 6.04. The van der Waals surface area contributed by atoms with Gasteiger partial charge in [-0.2, -0.15) is 0 Å². The Bertz CT molecular complexity index is 832. The second kappa shape index (κ2) is 6.87. The van der Waals surface area contributed by atoms with Crippen LogP contribution in [0, 0.1) is 11.6 Å². The van der Waals surface area contributed by atoms with Crippen LogP contribution in [0.2, 0.25) is 0 Å². The number of nitrogens with zero attached hydrogens (tertiary/aromatic N) is 1. The van der Waals surface area contributed by atoms with Gasteiger partial charge in [0, 0.05) is 23.8 Å². The smallest absolute Gasteiger partial charge is 0.257 e. The molecule has 24 heavy (non-hydrogen) atoms. The first-order chi connectivity index (χ1) is 11.6. The van der Waals surface area contributed by atoms with Crippen molar-refractivity contribution in [2.75, 3.05) is 10.6 Å². The Labute approximate surface area is 137 Å². The van der Waals surface area contributed by atoms with Crippen LogP contribution in [-0.2, 0) is 0 Å². The summed E-state index contributed by atoms with van der Waals surface area (Å²) in [6, 6.07) is 13.5. The number of hydrogen-bond acceptors (Lipinski definition) is 3. The van der Waals surface area contributed by atoms with Crippen LogP contribution >= 0.6 is 0 Å². The largest absolute Gasteiger partial charge is 0.351 e. The molecule has 4 nitrogen and oxygen atoms in total. The maximum absolute atomic E-state index is 13.6. The van der Waals surface area contributed by atoms with Gasteiger partial charge in [-0.05, 0) is 48.5 Å². The fourth-order valence-electron chi connectivity index (χ4n) is 2.10. The molecule has 1 amide bonds. The summed E-state index contributed by atoms with van der Waals surface area (Å²) in [6.45, 7) is 0. The van der Waals surface area contributed by atoms with Crippen LogP contribution in [-0.4, -0.2) is 10.9 Å². The molecule has 0 unspecified atom stereocenters. The summed E-state index contributed by atoms with van der Waals surface area (Å²) in [5.74, 6) is -1.64. The third kappa shape index (κ3) is 3.55. The number of benzene rings is 2. The molecule has 0 atom stereocenters. The van der Waals surface area contributed by atoms with Crippen LogP contribution in [0.15, 0.2) is 67.0 Å². The first-order valence-corrected chi connectivity index (χ1v) is 7.16. The van der Waals surface area contributed by atoms with Crippen LogP contribution in [0.25, 0.3) is 0 Å². The number of hydrogen-bond donors (Lipinski definition) is 2. The standard InChI is InChI=1S/C18H13F2N3O/c19-15-4-1-5-16(20)17(15)22-13-6-8-14(9-7-13)23-18(24)12-3-2-10-21-11-12/h1-11,22H,(H,23,24). The molecule has 0 saturated heterocycles. The molecule has 2 aromatic carbocycles. The summed E-state index contributed by atoms with van der Waals surface area (Å²) < 4.78 is 27.2. The Morgan fingerprint density at radius 2 is 1.54 bits per heavy atom. The van der Waals surface area contributed by atoms with E-state index in [1.54, 1.807) is 42.6 Å². The molecule has 1 heterocycles. The van der Waals surface area contributed by atoms with Crippen LogP contribution in [0.4, 0.5) is 25.8 Å². The van der Waals surface area contributed by atoms with E-state index in [-0.39, 0.29) is 11.6 Å². The number of anilines is 3. The van der Waals surface area contributed by atoms with E-state index in [1.807, 2.05) is 0 Å². The van der Waals surface area contributed by atoms with E-state index in [4.69, 9.17) is 0 Å². The van der Waals surface area contributed by atoms with Gasteiger partial charge < -0.3 is 10.6 Å². The molecular weight excluding hydrogens is 312 g/mol. The van der Waals surface area contributed by atoms with Crippen LogP contribution < -0.4 is 10.6 Å². The van der Waals surface area contributed by atoms with E-state index in [9.17, 15) is 13.6 Å². The summed E-state index contributed by atoms with van der Waals surface area (Å²) in [7, 11) is 0. The minimum atomic E-state index is -0.677. The highest BCUT2D eigenvalue weighted by atomic mass is 19.1. The summed E-state index contributed by atoms with van der Waals surface area (Å²) in [6.07, 6.45) is 3.05. The number of aromatic nitrogens is 1. The zero-order valence-corrected chi connectivity index (χ0v) is 12.5. The molecule has 1 aromatic heterocycles. The predicted molar refractivity (Wildman–Crippen MR) is 88.3 cm³/mol. The number of rotatable bonds is 4. The lowest BCUT2D eigenvalue weighted by Crippen LogP contribution is -2.11. The van der Waals surface area contributed by atoms with Gasteiger partial charge in [-0.25, -0.2) is 8.78 Å². The van der Waals surface area contributed by atoms with Gasteiger partial charge in [-0.3, -0.25) is 9.78 Å². The van der Waals surface area contributed by atoms with Crippen molar-refractivity contribution >= 4 is 23.0 Å². The summed E-state index contributed by atoms with van der Waals surface area (Å²) in [5.41, 5.74) is 1.28. The second-order valence-electron chi connectivity index (χ2n) is 4.99. The fraction of sp³-hybridized carbons (Fsp3) is 0. The first-order valence-electron chi connectivity index (χ1n) is 7.16. The maximum atomic E-state index is 13.6. The van der Waals surface area contributed by atoms with E-state index in [0.29, 0.717) is 16.9 Å². The van der Waals surface area contributed by atoms with Crippen molar-refractivity contribution < 1.29 is 13.6 Å². The monoisotopic (exact) mass is 325 g/mol. The molecule has 0 aliphatic rings. The van der Waals surface area contributed by atoms with Crippen LogP contribution in [0.1, 0.15) is 10.4 Å². The fourth-order valence-corrected chi connectivity index (χ4v) is 2.10. The molecule has 3 rings (SSSR count). The lowest BCUT2D eigenvalue weighted by Gasteiger charge is -2.10. The topological polar surface area (TPSA) is 54.0 Å². The summed E-state index contributed by atoms with van der Waals surface area (Å²) in [4.78, 5) is 15.9. The van der Waals surface area contributed by atoms with Crippen molar-refractivity contribution in [3.63, 3.8) is 0 Å². The third-order valence-corrected chi connectivity index (χ3v) is 3.30. The van der Waals surface area contributed by atoms with Gasteiger partial charge in [0.1, 0.15) is 17.3 Å². The molecule has 0 aliphatic heterocycles. The van der Waals surface area contributed by atoms with E-state index in [1.165, 1.54) is 24.4 Å². The quantitative estimate of drug-likeness (QED) is 0.749. The molecule has 0 fully saturated rings. The van der Waals surface area contributed by atoms with Crippen molar-refractivity contribution in [3.05, 3.63) is 84.2 Å². The van der Waals surface area contributed by atoms with Gasteiger partial charge in [0.15, 0.2) is 0 Å². The van der Waals surface area contributed by atoms with Gasteiger partial charge >= 0.3 is 0 Å². The Morgan fingerprint density at radius 1 is 0.875 bits per heavy atom. The Kier molecular flexibility index (Phi) is 4.47. The molecule has 0 radical (unpaired) electrons. The Morgan fingerprint density at radius 3 is 2.17 bits per heavy atom. The minimum absolute atomic E-state index is 0.218. The van der Waals surface area contributed by atoms with Crippen molar-refractivity contribution in [2.45, 2.75) is 0 Å². The number of carbonyl (C=O) groups is 1. The Hall–Kier alpha value is -3.28. The molecule has 6 heteroatoms. The predicted octanol–water partition coefficient (Wildman–Crippen LogP) is 4.36. The van der Waals surface area contributed by atoms with Crippen molar-refractivity contribution in [3.8, 4) is 0 Å². The average molecular weight is 325 g/mol. The molecule has 2 N–H and O–H groups in total. The lowest BCUT2D eigenvalue weighted by molar-refractivity contribution is 0.102. The molecule has 0 saturated carbocycles. The minimum Gasteiger partial charge on any atom is -0.351 e. The van der Waals surface area contributed by atoms with Crippen LogP contribution in [0.3, 0.4) is 0 Å². The number of amides is 1. The third-order valence-electron chi connectivity index (χ3n) is 3.30. The molecule has 0 bridgehead atoms. The van der Waals surface area contributed by atoms with Crippen molar-refractivity contribution in [1.82, 2.24) is 4.98 Å². The van der Waals surface area contributed by atoms with Gasteiger partial charge in [0.05, 0.1) is 5.56 Å². The van der Waals surface area contributed by atoms with Gasteiger partial charge in [-0.1, -0.05) is 6.07 Å². The zero-order chi connectivity index (χ0) is 16.9. The highest BCUT2D eigenvalue weighted by Crippen LogP contribution is 2.24. The van der Waals surface area contributed by atoms with E-state index in [0.717, 1.165) is 0 Å². The van der Waals surface area contributed by atoms with Crippen LogP contribution in [0.5, 0.6) is 0 Å². The lowest BCUT2D eigenvalue weighted by atomic mass is 10.2. The van der Waals surface area contributed by atoms with E-state index >= 15 is 0 Å². The molecular formula is C18H13F2N3O. The van der Waals surface area contributed by atoms with E-state index < -0.39 is 11.6 Å². The first kappa shape index (κ1) is 15.6. The molecule has 120 valence electrons. The van der Waals surface area contributed by atoms with Crippen molar-refractivity contribution in [1.29, 1.82) is 0 Å².